The summed E-state index contributed by atoms with van der Waals surface area (Å²) in [6.45, 7) is 4.20. The second kappa shape index (κ2) is 3.74. The molecule has 3 aromatic rings. The number of rotatable bonds is 1. The third-order valence-electron chi connectivity index (χ3n) is 3.08. The number of para-hydroxylation sites is 1. The van der Waals surface area contributed by atoms with Crippen LogP contribution in [0.15, 0.2) is 48.5 Å². The topological polar surface area (TPSA) is 17.8 Å². The van der Waals surface area contributed by atoms with Gasteiger partial charge in [-0.15, -0.1) is 0 Å². The van der Waals surface area contributed by atoms with Crippen molar-refractivity contribution in [2.75, 3.05) is 0 Å². The van der Waals surface area contributed by atoms with Crippen LogP contribution in [-0.4, -0.2) is 9.55 Å². The molecule has 0 saturated heterocycles. The molecule has 0 N–H and O–H groups in total. The zero-order valence-corrected chi connectivity index (χ0v) is 10.0. The van der Waals surface area contributed by atoms with Crippen LogP contribution >= 0.6 is 0 Å². The van der Waals surface area contributed by atoms with Crippen LogP contribution in [-0.2, 0) is 0 Å². The van der Waals surface area contributed by atoms with E-state index in [2.05, 4.69) is 48.7 Å². The normalized spacial score (nSPS) is 10.9. The van der Waals surface area contributed by atoms with Crippen molar-refractivity contribution >= 4 is 10.9 Å². The van der Waals surface area contributed by atoms with E-state index < -0.39 is 0 Å². The van der Waals surface area contributed by atoms with E-state index in [9.17, 15) is 0 Å². The van der Waals surface area contributed by atoms with Crippen molar-refractivity contribution in [1.29, 1.82) is 0 Å². The van der Waals surface area contributed by atoms with Crippen LogP contribution < -0.4 is 0 Å². The highest BCUT2D eigenvalue weighted by Gasteiger charge is 2.05. The minimum atomic E-state index is 0.990. The van der Waals surface area contributed by atoms with Gasteiger partial charge in [0.1, 0.15) is 5.82 Å². The smallest absolute Gasteiger partial charge is 0.137 e. The zero-order chi connectivity index (χ0) is 11.8. The predicted molar refractivity (Wildman–Crippen MR) is 70.5 cm³/mol. The summed E-state index contributed by atoms with van der Waals surface area (Å²) in [5, 5.41) is 1.18. The Balaban J connectivity index is 2.25. The standard InChI is InChI=1S/C15H14N2/c1-11-7-8-12(2)17(11)15-10-9-13-5-3-4-6-14(13)16-15/h3-10H,1-2H3. The molecule has 0 aliphatic rings. The van der Waals surface area contributed by atoms with Gasteiger partial charge in [-0.2, -0.15) is 0 Å². The molecule has 0 spiro atoms. The molecule has 2 heterocycles. The average molecular weight is 222 g/mol. The van der Waals surface area contributed by atoms with Gasteiger partial charge in [0, 0.05) is 16.8 Å². The Bertz CT molecular complexity index is 661. The molecule has 0 fully saturated rings. The average Bonchev–Trinajstić information content (AvgIpc) is 2.68. The van der Waals surface area contributed by atoms with E-state index in [1.165, 1.54) is 16.8 Å². The predicted octanol–water partition coefficient (Wildman–Crippen LogP) is 3.64. The first-order valence-corrected chi connectivity index (χ1v) is 5.77. The summed E-state index contributed by atoms with van der Waals surface area (Å²) in [6.07, 6.45) is 0. The van der Waals surface area contributed by atoms with Crippen LogP contribution in [0.5, 0.6) is 0 Å². The Morgan fingerprint density at radius 3 is 2.29 bits per heavy atom. The summed E-state index contributed by atoms with van der Waals surface area (Å²) in [4.78, 5) is 4.70. The van der Waals surface area contributed by atoms with Crippen molar-refractivity contribution in [2.24, 2.45) is 0 Å². The Hall–Kier alpha value is -2.09. The molecular formula is C15H14N2. The van der Waals surface area contributed by atoms with E-state index in [-0.39, 0.29) is 0 Å². The van der Waals surface area contributed by atoms with Crippen LogP contribution in [0.25, 0.3) is 16.7 Å². The molecule has 2 nitrogen and oxygen atoms in total. The molecule has 2 aromatic heterocycles. The van der Waals surface area contributed by atoms with Crippen molar-refractivity contribution in [3.8, 4) is 5.82 Å². The first kappa shape index (κ1) is 10.1. The highest BCUT2D eigenvalue weighted by atomic mass is 15.1. The van der Waals surface area contributed by atoms with E-state index in [1.807, 2.05) is 18.2 Å². The molecular weight excluding hydrogens is 208 g/mol. The summed E-state index contributed by atoms with van der Waals surface area (Å²) < 4.78 is 2.17. The highest BCUT2D eigenvalue weighted by molar-refractivity contribution is 5.79. The lowest BCUT2D eigenvalue weighted by Crippen LogP contribution is -2.01. The molecule has 0 radical (unpaired) electrons. The summed E-state index contributed by atoms with van der Waals surface area (Å²) in [5.74, 6) is 0.990. The number of benzene rings is 1. The summed E-state index contributed by atoms with van der Waals surface area (Å²) in [7, 11) is 0. The maximum atomic E-state index is 4.70. The van der Waals surface area contributed by atoms with Crippen LogP contribution in [0.4, 0.5) is 0 Å². The molecule has 2 heteroatoms. The van der Waals surface area contributed by atoms with Gasteiger partial charge < -0.3 is 4.57 Å². The number of fused-ring (bicyclic) bond motifs is 1. The van der Waals surface area contributed by atoms with E-state index in [0.29, 0.717) is 0 Å². The largest absolute Gasteiger partial charge is 0.303 e. The molecule has 0 aliphatic carbocycles. The maximum absolute atomic E-state index is 4.70. The first-order valence-electron chi connectivity index (χ1n) is 5.77. The van der Waals surface area contributed by atoms with Crippen LogP contribution in [0, 0.1) is 13.8 Å². The summed E-state index contributed by atoms with van der Waals surface area (Å²) in [6, 6.07) is 16.6. The minimum Gasteiger partial charge on any atom is -0.303 e. The second-order valence-electron chi connectivity index (χ2n) is 4.31. The lowest BCUT2D eigenvalue weighted by Gasteiger charge is -2.09. The number of hydrogen-bond acceptors (Lipinski definition) is 1. The molecule has 1 aromatic carbocycles. The molecule has 0 aliphatic heterocycles. The number of aryl methyl sites for hydroxylation is 2. The van der Waals surface area contributed by atoms with Crippen LogP contribution in [0.3, 0.4) is 0 Å². The highest BCUT2D eigenvalue weighted by Crippen LogP contribution is 2.18. The second-order valence-corrected chi connectivity index (χ2v) is 4.31. The number of pyridine rings is 1. The van der Waals surface area contributed by atoms with Gasteiger partial charge in [0.15, 0.2) is 0 Å². The van der Waals surface area contributed by atoms with Crippen molar-refractivity contribution in [1.82, 2.24) is 9.55 Å². The number of aromatic nitrogens is 2. The van der Waals surface area contributed by atoms with Gasteiger partial charge >= 0.3 is 0 Å². The fraction of sp³-hybridized carbons (Fsp3) is 0.133. The van der Waals surface area contributed by atoms with Gasteiger partial charge in [0.2, 0.25) is 0 Å². The van der Waals surface area contributed by atoms with Gasteiger partial charge in [-0.1, -0.05) is 18.2 Å². The van der Waals surface area contributed by atoms with E-state index in [0.717, 1.165) is 11.3 Å². The maximum Gasteiger partial charge on any atom is 0.137 e. The van der Waals surface area contributed by atoms with Crippen molar-refractivity contribution in [3.63, 3.8) is 0 Å². The Morgan fingerprint density at radius 2 is 1.53 bits per heavy atom. The van der Waals surface area contributed by atoms with Crippen LogP contribution in [0.2, 0.25) is 0 Å². The van der Waals surface area contributed by atoms with Gasteiger partial charge in [-0.25, -0.2) is 4.98 Å². The Kier molecular flexibility index (Phi) is 2.22. The lowest BCUT2D eigenvalue weighted by molar-refractivity contribution is 0.930. The van der Waals surface area contributed by atoms with E-state index >= 15 is 0 Å². The van der Waals surface area contributed by atoms with Gasteiger partial charge in [-0.05, 0) is 44.2 Å². The fourth-order valence-corrected chi connectivity index (χ4v) is 2.21. The van der Waals surface area contributed by atoms with Crippen molar-refractivity contribution in [2.45, 2.75) is 13.8 Å². The SMILES string of the molecule is Cc1ccc(C)n1-c1ccc2ccccc2n1. The van der Waals surface area contributed by atoms with Gasteiger partial charge in [0.25, 0.3) is 0 Å². The van der Waals surface area contributed by atoms with Crippen LogP contribution in [0.1, 0.15) is 11.4 Å². The number of nitrogens with zero attached hydrogens (tertiary/aromatic N) is 2. The van der Waals surface area contributed by atoms with E-state index in [4.69, 9.17) is 4.98 Å². The van der Waals surface area contributed by atoms with Crippen molar-refractivity contribution in [3.05, 3.63) is 59.9 Å². The molecule has 0 bridgehead atoms. The summed E-state index contributed by atoms with van der Waals surface area (Å²) >= 11 is 0. The lowest BCUT2D eigenvalue weighted by atomic mass is 10.2. The fourth-order valence-electron chi connectivity index (χ4n) is 2.21. The van der Waals surface area contributed by atoms with Gasteiger partial charge in [-0.3, -0.25) is 0 Å². The Labute approximate surface area is 101 Å². The molecule has 0 saturated carbocycles. The minimum absolute atomic E-state index is 0.990. The van der Waals surface area contributed by atoms with Crippen molar-refractivity contribution < 1.29 is 0 Å². The summed E-state index contributed by atoms with van der Waals surface area (Å²) in [5.41, 5.74) is 3.47. The number of hydrogen-bond donors (Lipinski definition) is 0. The monoisotopic (exact) mass is 222 g/mol. The Morgan fingerprint density at radius 1 is 0.824 bits per heavy atom. The first-order chi connectivity index (χ1) is 8.25. The van der Waals surface area contributed by atoms with Gasteiger partial charge in [0.05, 0.1) is 5.52 Å². The molecule has 17 heavy (non-hydrogen) atoms. The third-order valence-corrected chi connectivity index (χ3v) is 3.08. The molecule has 3 rings (SSSR count). The quantitative estimate of drug-likeness (QED) is 0.614. The zero-order valence-electron chi connectivity index (χ0n) is 10.0. The molecule has 0 amide bonds. The molecule has 0 atom stereocenters. The molecule has 84 valence electrons. The van der Waals surface area contributed by atoms with E-state index in [1.54, 1.807) is 0 Å². The third kappa shape index (κ3) is 1.62. The molecule has 0 unspecified atom stereocenters.